The van der Waals surface area contributed by atoms with E-state index in [1.54, 1.807) is 36.4 Å². The van der Waals surface area contributed by atoms with Gasteiger partial charge >= 0.3 is 11.9 Å². The summed E-state index contributed by atoms with van der Waals surface area (Å²) >= 11 is 0. The zero-order valence-corrected chi connectivity index (χ0v) is 24.3. The van der Waals surface area contributed by atoms with Crippen molar-refractivity contribution in [3.05, 3.63) is 59.7 Å². The van der Waals surface area contributed by atoms with Crippen molar-refractivity contribution in [3.63, 3.8) is 0 Å². The summed E-state index contributed by atoms with van der Waals surface area (Å²) in [6, 6.07) is 8.60. The lowest BCUT2D eigenvalue weighted by Crippen LogP contribution is -2.79. The Balaban J connectivity index is 1.62. The number of rotatable bonds is 4. The fourth-order valence-corrected chi connectivity index (χ4v) is 8.64. The van der Waals surface area contributed by atoms with E-state index < -0.39 is 76.7 Å². The Morgan fingerprint density at radius 1 is 1.15 bits per heavy atom. The number of esters is 2. The first-order valence-corrected chi connectivity index (χ1v) is 14.4. The second kappa shape index (κ2) is 9.47. The molecule has 2 bridgehead atoms. The van der Waals surface area contributed by atoms with E-state index in [4.69, 9.17) is 23.7 Å². The number of fused-ring (bicyclic) bond motifs is 8. The largest absolute Gasteiger partial charge is 0.455 e. The number of hydrogen-bond donors (Lipinski definition) is 2. The molecule has 0 amide bonds. The third-order valence-corrected chi connectivity index (χ3v) is 10.7. The van der Waals surface area contributed by atoms with Crippen LogP contribution in [0.5, 0.6) is 0 Å². The average Bonchev–Trinajstić information content (AvgIpc) is 3.34. The van der Waals surface area contributed by atoms with Crippen molar-refractivity contribution in [2.75, 3.05) is 6.61 Å². The Hall–Kier alpha value is -2.56. The smallest absolute Gasteiger partial charge is 0.338 e. The molecule has 2 aliphatic heterocycles. The Morgan fingerprint density at radius 3 is 2.46 bits per heavy atom. The number of carbonyl (C=O) groups excluding carboxylic acids is 2. The summed E-state index contributed by atoms with van der Waals surface area (Å²) in [5.74, 6) is -1.86. The highest BCUT2D eigenvalue weighted by Crippen LogP contribution is 2.66. The lowest BCUT2D eigenvalue weighted by molar-refractivity contribution is -0.345. The Bertz CT molecular complexity index is 1290. The highest BCUT2D eigenvalue weighted by molar-refractivity contribution is 5.89. The molecule has 5 aliphatic rings. The first-order valence-electron chi connectivity index (χ1n) is 14.4. The van der Waals surface area contributed by atoms with Crippen molar-refractivity contribution in [2.24, 2.45) is 16.7 Å². The molecular weight excluding hydrogens is 528 g/mol. The molecule has 41 heavy (non-hydrogen) atoms. The van der Waals surface area contributed by atoms with Crippen molar-refractivity contribution >= 4 is 11.9 Å². The molecule has 1 unspecified atom stereocenters. The van der Waals surface area contributed by atoms with E-state index >= 15 is 0 Å². The van der Waals surface area contributed by atoms with Crippen LogP contribution in [0.4, 0.5) is 0 Å². The minimum atomic E-state index is -1.77. The van der Waals surface area contributed by atoms with Gasteiger partial charge in [-0.1, -0.05) is 45.5 Å². The van der Waals surface area contributed by atoms with Gasteiger partial charge in [0.1, 0.15) is 23.9 Å². The molecule has 9 heteroatoms. The van der Waals surface area contributed by atoms with Crippen LogP contribution in [0.1, 0.15) is 64.2 Å². The van der Waals surface area contributed by atoms with Crippen molar-refractivity contribution < 1.29 is 43.5 Å². The van der Waals surface area contributed by atoms with Crippen LogP contribution in [0.3, 0.4) is 0 Å². The summed E-state index contributed by atoms with van der Waals surface area (Å²) in [7, 11) is 0. The first kappa shape index (κ1) is 28.6. The molecule has 2 saturated carbocycles. The predicted molar refractivity (Wildman–Crippen MR) is 146 cm³/mol. The lowest BCUT2D eigenvalue weighted by Gasteiger charge is -2.68. The van der Waals surface area contributed by atoms with Gasteiger partial charge in [0.05, 0.1) is 30.3 Å². The quantitative estimate of drug-likeness (QED) is 0.415. The molecule has 1 aromatic carbocycles. The third kappa shape index (κ3) is 3.86. The molecule has 3 aliphatic carbocycles. The van der Waals surface area contributed by atoms with Gasteiger partial charge in [0.15, 0.2) is 11.9 Å². The standard InChI is InChI=1S/C32H40O9/c1-7-22-38-24-23-17(2)20(34)15-32(36,29(23,4)5)27(40-28(35)19-11-9-8-10-12-19)25-30(6,26(24)39-22)14-13-21-31(25,16-37-21)41-18(3)33/h7-12,20-22,24-27,34,36H,1,13-16H2,2-6H3/t20-,21?,22+,24+,25-,26+,27-,30+,31-,32+/m0/s1. The average molecular weight is 569 g/mol. The van der Waals surface area contributed by atoms with Crippen molar-refractivity contribution in [1.29, 1.82) is 0 Å². The molecule has 2 saturated heterocycles. The van der Waals surface area contributed by atoms with Crippen molar-refractivity contribution in [3.8, 4) is 0 Å². The van der Waals surface area contributed by atoms with Gasteiger partial charge in [0.25, 0.3) is 0 Å². The molecule has 10 atom stereocenters. The summed E-state index contributed by atoms with van der Waals surface area (Å²) in [6.45, 7) is 13.0. The fourth-order valence-electron chi connectivity index (χ4n) is 8.64. The number of benzene rings is 1. The Kier molecular flexibility index (Phi) is 6.60. The molecule has 0 spiro atoms. The van der Waals surface area contributed by atoms with E-state index in [9.17, 15) is 19.8 Å². The lowest BCUT2D eigenvalue weighted by atomic mass is 9.45. The SMILES string of the molecule is C=C[C@@H]1O[C@@H]2C3=C(C)[C@@H](O)C[C@@](O)([C@@H](OC(=O)c4ccccc4)[C@H]4[C@@](C)(CCC5OC[C@]54OC(C)=O)[C@@H]2O1)C3(C)C. The summed E-state index contributed by atoms with van der Waals surface area (Å²) < 4.78 is 31.6. The summed E-state index contributed by atoms with van der Waals surface area (Å²) in [5, 5.41) is 24.4. The maximum atomic E-state index is 13.8. The van der Waals surface area contributed by atoms with Crippen molar-refractivity contribution in [2.45, 2.75) is 102 Å². The molecule has 4 fully saturated rings. The zero-order valence-electron chi connectivity index (χ0n) is 24.3. The molecule has 222 valence electrons. The summed E-state index contributed by atoms with van der Waals surface area (Å²) in [4.78, 5) is 26.5. The van der Waals surface area contributed by atoms with Crippen LogP contribution in [0.15, 0.2) is 54.1 Å². The maximum absolute atomic E-state index is 13.8. The van der Waals surface area contributed by atoms with Crippen LogP contribution in [-0.4, -0.2) is 76.8 Å². The highest BCUT2D eigenvalue weighted by Gasteiger charge is 2.76. The van der Waals surface area contributed by atoms with Gasteiger partial charge < -0.3 is 33.9 Å². The molecule has 0 aromatic heterocycles. The van der Waals surface area contributed by atoms with Crippen LogP contribution in [-0.2, 0) is 28.5 Å². The van der Waals surface area contributed by atoms with E-state index in [2.05, 4.69) is 6.58 Å². The molecule has 9 nitrogen and oxygen atoms in total. The highest BCUT2D eigenvalue weighted by atomic mass is 16.7. The normalized spacial score (nSPS) is 44.2. The minimum absolute atomic E-state index is 0.0839. The number of ether oxygens (including phenoxy) is 5. The number of aliphatic hydroxyl groups excluding tert-OH is 1. The molecule has 6 rings (SSSR count). The molecule has 1 aromatic rings. The summed E-state index contributed by atoms with van der Waals surface area (Å²) in [6.07, 6.45) is -1.96. The zero-order chi connectivity index (χ0) is 29.5. The van der Waals surface area contributed by atoms with E-state index in [1.807, 2.05) is 27.7 Å². The summed E-state index contributed by atoms with van der Waals surface area (Å²) in [5.41, 5.74) is -3.07. The van der Waals surface area contributed by atoms with Gasteiger partial charge in [-0.2, -0.15) is 0 Å². The topological polar surface area (TPSA) is 121 Å². The second-order valence-electron chi connectivity index (χ2n) is 13.1. The van der Waals surface area contributed by atoms with Crippen molar-refractivity contribution in [1.82, 2.24) is 0 Å². The first-order chi connectivity index (χ1) is 19.3. The molecule has 0 radical (unpaired) electrons. The van der Waals surface area contributed by atoms with Crippen LogP contribution in [0.25, 0.3) is 0 Å². The number of carbonyl (C=O) groups is 2. The molecule has 2 N–H and O–H groups in total. The van der Waals surface area contributed by atoms with E-state index in [0.29, 0.717) is 24.0 Å². The van der Waals surface area contributed by atoms with Crippen LogP contribution >= 0.6 is 0 Å². The maximum Gasteiger partial charge on any atom is 0.338 e. The monoisotopic (exact) mass is 568 g/mol. The van der Waals surface area contributed by atoms with Gasteiger partial charge in [-0.3, -0.25) is 4.79 Å². The van der Waals surface area contributed by atoms with Crippen LogP contribution in [0, 0.1) is 16.7 Å². The molecular formula is C32H40O9. The Morgan fingerprint density at radius 2 is 1.85 bits per heavy atom. The van der Waals surface area contributed by atoms with E-state index in [-0.39, 0.29) is 13.0 Å². The van der Waals surface area contributed by atoms with Gasteiger partial charge in [0, 0.05) is 24.2 Å². The van der Waals surface area contributed by atoms with Crippen LogP contribution in [0.2, 0.25) is 0 Å². The Labute approximate surface area is 240 Å². The number of hydrogen-bond acceptors (Lipinski definition) is 9. The van der Waals surface area contributed by atoms with E-state index in [0.717, 1.165) is 5.57 Å². The van der Waals surface area contributed by atoms with Gasteiger partial charge in [-0.05, 0) is 49.1 Å². The van der Waals surface area contributed by atoms with Gasteiger partial charge in [-0.15, -0.1) is 0 Å². The predicted octanol–water partition coefficient (Wildman–Crippen LogP) is 3.48. The van der Waals surface area contributed by atoms with Crippen LogP contribution < -0.4 is 0 Å². The third-order valence-electron chi connectivity index (χ3n) is 10.7. The molecule has 2 heterocycles. The van der Waals surface area contributed by atoms with Gasteiger partial charge in [0.2, 0.25) is 0 Å². The fraction of sp³-hybridized carbons (Fsp3) is 0.625. The number of aliphatic hydroxyl groups is 2. The van der Waals surface area contributed by atoms with E-state index in [1.165, 1.54) is 6.92 Å². The minimum Gasteiger partial charge on any atom is -0.455 e. The second-order valence-corrected chi connectivity index (χ2v) is 13.1. The van der Waals surface area contributed by atoms with Gasteiger partial charge in [-0.25, -0.2) is 4.79 Å².